The van der Waals surface area contributed by atoms with Crippen LogP contribution in [0, 0.1) is 6.92 Å². The molecular formula is C15H13N5O3S. The maximum Gasteiger partial charge on any atom is 0.278 e. The predicted molar refractivity (Wildman–Crippen MR) is 89.7 cm³/mol. The number of hydrogen-bond donors (Lipinski definition) is 3. The first-order valence-corrected chi connectivity index (χ1v) is 7.64. The molecule has 5 N–H and O–H groups in total. The molecule has 0 fully saturated rings. The standard InChI is InChI=1S/C15H13N5O3S/c1-7-4-9(12(17)21)15(24-7)20-13(22)10-6-23-14(19-10)8-2-3-18-11(16)5-8/h2-6H,1H3,(H2,16,18)(H2,17,21)(H,20,22). The van der Waals surface area contributed by atoms with Crippen molar-refractivity contribution in [1.82, 2.24) is 9.97 Å². The minimum Gasteiger partial charge on any atom is -0.444 e. The molecule has 3 aromatic heterocycles. The molecule has 3 heterocycles. The van der Waals surface area contributed by atoms with Gasteiger partial charge in [-0.1, -0.05) is 0 Å². The number of oxazole rings is 1. The van der Waals surface area contributed by atoms with Crippen molar-refractivity contribution in [2.75, 3.05) is 11.1 Å². The van der Waals surface area contributed by atoms with Crippen molar-refractivity contribution < 1.29 is 14.0 Å². The molecule has 0 atom stereocenters. The highest BCUT2D eigenvalue weighted by Gasteiger charge is 2.18. The van der Waals surface area contributed by atoms with E-state index < -0.39 is 11.8 Å². The Balaban J connectivity index is 1.83. The molecule has 8 nitrogen and oxygen atoms in total. The van der Waals surface area contributed by atoms with E-state index in [0.29, 0.717) is 16.4 Å². The lowest BCUT2D eigenvalue weighted by molar-refractivity contribution is 0.100. The van der Waals surface area contributed by atoms with Crippen molar-refractivity contribution in [3.63, 3.8) is 0 Å². The number of anilines is 2. The molecular weight excluding hydrogens is 330 g/mol. The third-order valence-electron chi connectivity index (χ3n) is 3.11. The number of amides is 2. The lowest BCUT2D eigenvalue weighted by Crippen LogP contribution is -2.16. The van der Waals surface area contributed by atoms with Crippen molar-refractivity contribution in [3.8, 4) is 11.5 Å². The lowest BCUT2D eigenvalue weighted by atomic mass is 10.2. The molecule has 0 aliphatic heterocycles. The van der Waals surface area contributed by atoms with Gasteiger partial charge in [0.2, 0.25) is 5.89 Å². The van der Waals surface area contributed by atoms with Crippen molar-refractivity contribution in [1.29, 1.82) is 0 Å². The molecule has 24 heavy (non-hydrogen) atoms. The van der Waals surface area contributed by atoms with Gasteiger partial charge in [-0.25, -0.2) is 9.97 Å². The third kappa shape index (κ3) is 3.10. The Kier molecular flexibility index (Phi) is 4.00. The largest absolute Gasteiger partial charge is 0.444 e. The molecule has 0 unspecified atom stereocenters. The van der Waals surface area contributed by atoms with Gasteiger partial charge >= 0.3 is 0 Å². The fourth-order valence-electron chi connectivity index (χ4n) is 2.05. The number of thiophene rings is 1. The minimum absolute atomic E-state index is 0.0712. The Morgan fingerprint density at radius 1 is 1.33 bits per heavy atom. The Hall–Kier alpha value is -3.20. The highest BCUT2D eigenvalue weighted by atomic mass is 32.1. The van der Waals surface area contributed by atoms with E-state index in [2.05, 4.69) is 15.3 Å². The van der Waals surface area contributed by atoms with Gasteiger partial charge in [-0.15, -0.1) is 11.3 Å². The van der Waals surface area contributed by atoms with Gasteiger partial charge in [-0.3, -0.25) is 9.59 Å². The first-order chi connectivity index (χ1) is 11.4. The highest BCUT2D eigenvalue weighted by Crippen LogP contribution is 2.28. The van der Waals surface area contributed by atoms with Crippen LogP contribution in [0.25, 0.3) is 11.5 Å². The van der Waals surface area contributed by atoms with Gasteiger partial charge in [-0.2, -0.15) is 0 Å². The topological polar surface area (TPSA) is 137 Å². The van der Waals surface area contributed by atoms with E-state index in [9.17, 15) is 9.59 Å². The molecule has 0 radical (unpaired) electrons. The van der Waals surface area contributed by atoms with E-state index in [1.165, 1.54) is 23.8 Å². The van der Waals surface area contributed by atoms with Crippen LogP contribution < -0.4 is 16.8 Å². The molecule has 122 valence electrons. The average molecular weight is 343 g/mol. The first kappa shape index (κ1) is 15.7. The van der Waals surface area contributed by atoms with E-state index in [1.54, 1.807) is 18.2 Å². The molecule has 0 bridgehead atoms. The second kappa shape index (κ2) is 6.13. The van der Waals surface area contributed by atoms with Gasteiger partial charge < -0.3 is 21.2 Å². The fraction of sp³-hybridized carbons (Fsp3) is 0.0667. The number of carbonyl (C=O) groups excluding carboxylic acids is 2. The molecule has 0 aliphatic carbocycles. The summed E-state index contributed by atoms with van der Waals surface area (Å²) in [6.45, 7) is 1.81. The number of hydrogen-bond acceptors (Lipinski definition) is 7. The number of nitrogens with two attached hydrogens (primary N) is 2. The maximum atomic E-state index is 12.3. The van der Waals surface area contributed by atoms with Crippen LogP contribution in [0.1, 0.15) is 25.7 Å². The van der Waals surface area contributed by atoms with Crippen LogP contribution in [-0.2, 0) is 0 Å². The van der Waals surface area contributed by atoms with Gasteiger partial charge in [-0.05, 0) is 25.1 Å². The average Bonchev–Trinajstić information content (AvgIpc) is 3.14. The molecule has 0 saturated carbocycles. The van der Waals surface area contributed by atoms with Gasteiger partial charge in [0.25, 0.3) is 11.8 Å². The number of aromatic nitrogens is 2. The second-order valence-electron chi connectivity index (χ2n) is 4.93. The lowest BCUT2D eigenvalue weighted by Gasteiger charge is -2.01. The molecule has 0 aliphatic rings. The van der Waals surface area contributed by atoms with Crippen molar-refractivity contribution >= 4 is 34.0 Å². The number of primary amides is 1. The van der Waals surface area contributed by atoms with Crippen LogP contribution >= 0.6 is 11.3 Å². The molecule has 3 aromatic rings. The fourth-order valence-corrected chi connectivity index (χ4v) is 2.96. The van der Waals surface area contributed by atoms with Crippen LogP contribution in [0.5, 0.6) is 0 Å². The van der Waals surface area contributed by atoms with Crippen molar-refractivity contribution in [2.45, 2.75) is 6.92 Å². The minimum atomic E-state index is -0.609. The number of nitrogens with one attached hydrogen (secondary N) is 1. The monoisotopic (exact) mass is 343 g/mol. The Labute approximate surface area is 140 Å². The van der Waals surface area contributed by atoms with Crippen LogP contribution in [0.3, 0.4) is 0 Å². The van der Waals surface area contributed by atoms with Gasteiger partial charge in [0.1, 0.15) is 17.1 Å². The molecule has 0 spiro atoms. The van der Waals surface area contributed by atoms with Gasteiger partial charge in [0.05, 0.1) is 5.56 Å². The number of nitrogen functional groups attached to an aromatic ring is 1. The van der Waals surface area contributed by atoms with Gasteiger partial charge in [0, 0.05) is 16.6 Å². The Morgan fingerprint density at radius 3 is 2.83 bits per heavy atom. The summed E-state index contributed by atoms with van der Waals surface area (Å²) in [5.41, 5.74) is 11.8. The van der Waals surface area contributed by atoms with Crippen molar-refractivity contribution in [3.05, 3.63) is 46.8 Å². The smallest absolute Gasteiger partial charge is 0.278 e. The number of rotatable bonds is 4. The maximum absolute atomic E-state index is 12.3. The summed E-state index contributed by atoms with van der Waals surface area (Å²) >= 11 is 1.25. The van der Waals surface area contributed by atoms with Crippen molar-refractivity contribution in [2.24, 2.45) is 5.73 Å². The zero-order valence-electron chi connectivity index (χ0n) is 12.6. The third-order valence-corrected chi connectivity index (χ3v) is 4.08. The summed E-state index contributed by atoms with van der Waals surface area (Å²) in [6, 6.07) is 4.87. The SMILES string of the molecule is Cc1cc(C(N)=O)c(NC(=O)c2coc(-c3ccnc(N)c3)n2)s1. The summed E-state index contributed by atoms with van der Waals surface area (Å²) < 4.78 is 5.30. The van der Waals surface area contributed by atoms with Crippen LogP contribution in [-0.4, -0.2) is 21.8 Å². The quantitative estimate of drug-likeness (QED) is 0.663. The van der Waals surface area contributed by atoms with E-state index >= 15 is 0 Å². The van der Waals surface area contributed by atoms with E-state index in [0.717, 1.165) is 4.88 Å². The number of carbonyl (C=O) groups is 2. The molecule has 0 saturated heterocycles. The summed E-state index contributed by atoms with van der Waals surface area (Å²) in [6.07, 6.45) is 2.74. The Morgan fingerprint density at radius 2 is 2.12 bits per heavy atom. The van der Waals surface area contributed by atoms with Crippen LogP contribution in [0.2, 0.25) is 0 Å². The van der Waals surface area contributed by atoms with Crippen LogP contribution in [0.15, 0.2) is 35.1 Å². The number of aryl methyl sites for hydroxylation is 1. The number of nitrogens with zero attached hydrogens (tertiary/aromatic N) is 2. The zero-order valence-corrected chi connectivity index (χ0v) is 13.4. The normalized spacial score (nSPS) is 10.5. The van der Waals surface area contributed by atoms with Crippen LogP contribution in [0.4, 0.5) is 10.8 Å². The summed E-state index contributed by atoms with van der Waals surface area (Å²) in [7, 11) is 0. The van der Waals surface area contributed by atoms with E-state index in [-0.39, 0.29) is 17.1 Å². The van der Waals surface area contributed by atoms with E-state index in [4.69, 9.17) is 15.9 Å². The predicted octanol–water partition coefficient (Wildman–Crippen LogP) is 2.04. The molecule has 0 aromatic carbocycles. The molecule has 9 heteroatoms. The highest BCUT2D eigenvalue weighted by molar-refractivity contribution is 7.16. The number of pyridine rings is 1. The summed E-state index contributed by atoms with van der Waals surface area (Å²) in [5.74, 6) is -0.553. The summed E-state index contributed by atoms with van der Waals surface area (Å²) in [4.78, 5) is 32.6. The van der Waals surface area contributed by atoms with Gasteiger partial charge in [0.15, 0.2) is 5.69 Å². The first-order valence-electron chi connectivity index (χ1n) is 6.83. The Bertz CT molecular complexity index is 931. The zero-order chi connectivity index (χ0) is 17.3. The molecule has 2 amide bonds. The summed E-state index contributed by atoms with van der Waals surface area (Å²) in [5, 5.41) is 3.00. The molecule has 3 rings (SSSR count). The van der Waals surface area contributed by atoms with E-state index in [1.807, 2.05) is 6.92 Å². The second-order valence-corrected chi connectivity index (χ2v) is 6.18.